The average molecular weight is 459 g/mol. The number of hydrogen-bond acceptors (Lipinski definition) is 6. The molecule has 0 atom stereocenters. The van der Waals surface area contributed by atoms with Crippen LogP contribution in [-0.4, -0.2) is 33.7 Å². The number of H-pyrrole nitrogens is 1. The van der Waals surface area contributed by atoms with Gasteiger partial charge in [0.2, 0.25) is 11.7 Å². The third-order valence-corrected chi connectivity index (χ3v) is 4.91. The molecule has 3 N–H and O–H groups in total. The van der Waals surface area contributed by atoms with Gasteiger partial charge in [-0.25, -0.2) is 4.98 Å². The lowest BCUT2D eigenvalue weighted by molar-refractivity contribution is 0.347. The molecule has 0 saturated heterocycles. The normalized spacial score (nSPS) is 11.0. The molecule has 0 saturated carbocycles. The molecule has 8 nitrogen and oxygen atoms in total. The van der Waals surface area contributed by atoms with Gasteiger partial charge >= 0.3 is 0 Å². The number of aromatic amines is 1. The predicted molar refractivity (Wildman–Crippen MR) is 96.6 cm³/mol. The summed E-state index contributed by atoms with van der Waals surface area (Å²) in [6.07, 6.45) is 1.84. The van der Waals surface area contributed by atoms with Crippen molar-refractivity contribution in [2.75, 3.05) is 20.0 Å². The molecule has 126 valence electrons. The van der Waals surface area contributed by atoms with E-state index in [4.69, 9.17) is 15.2 Å². The summed E-state index contributed by atoms with van der Waals surface area (Å²) >= 11 is 6.82. The number of anilines is 1. The van der Waals surface area contributed by atoms with E-state index in [0.29, 0.717) is 32.7 Å². The first-order chi connectivity index (χ1) is 11.5. The zero-order chi connectivity index (χ0) is 17.4. The van der Waals surface area contributed by atoms with Crippen molar-refractivity contribution in [3.63, 3.8) is 0 Å². The van der Waals surface area contributed by atoms with Gasteiger partial charge in [-0.3, -0.25) is 4.79 Å². The second-order valence-corrected chi connectivity index (χ2v) is 6.41. The van der Waals surface area contributed by atoms with E-state index in [1.807, 2.05) is 16.8 Å². The number of nitrogens with one attached hydrogen (secondary N) is 1. The van der Waals surface area contributed by atoms with Gasteiger partial charge in [-0.1, -0.05) is 0 Å². The van der Waals surface area contributed by atoms with Crippen LogP contribution in [0.4, 0.5) is 5.95 Å². The maximum atomic E-state index is 12.2. The van der Waals surface area contributed by atoms with Gasteiger partial charge < -0.3 is 24.8 Å². The molecule has 0 bridgehead atoms. The average Bonchev–Trinajstić information content (AvgIpc) is 2.93. The molecule has 24 heavy (non-hydrogen) atoms. The Labute approximate surface area is 153 Å². The first-order valence-electron chi connectivity index (χ1n) is 6.76. The van der Waals surface area contributed by atoms with Gasteiger partial charge in [-0.2, -0.15) is 4.98 Å². The molecule has 0 fully saturated rings. The Hall–Kier alpha value is -2.07. The van der Waals surface area contributed by atoms with Crippen molar-refractivity contribution in [3.8, 4) is 11.5 Å². The summed E-state index contributed by atoms with van der Waals surface area (Å²) in [7, 11) is 2.89. The minimum Gasteiger partial charge on any atom is -0.492 e. The van der Waals surface area contributed by atoms with E-state index in [9.17, 15) is 4.79 Å². The van der Waals surface area contributed by atoms with Gasteiger partial charge in [0, 0.05) is 6.20 Å². The minimum absolute atomic E-state index is 0.111. The van der Waals surface area contributed by atoms with Crippen LogP contribution in [0.25, 0.3) is 11.0 Å². The first kappa shape index (κ1) is 16.8. The highest BCUT2D eigenvalue weighted by atomic mass is 79.9. The summed E-state index contributed by atoms with van der Waals surface area (Å²) in [5.41, 5.74) is 6.60. The summed E-state index contributed by atoms with van der Waals surface area (Å²) < 4.78 is 13.4. The van der Waals surface area contributed by atoms with E-state index in [1.165, 1.54) is 14.2 Å². The van der Waals surface area contributed by atoms with E-state index in [1.54, 1.807) is 0 Å². The van der Waals surface area contributed by atoms with E-state index in [-0.39, 0.29) is 17.3 Å². The van der Waals surface area contributed by atoms with Crippen molar-refractivity contribution in [3.05, 3.63) is 37.4 Å². The fourth-order valence-corrected chi connectivity index (χ4v) is 3.46. The zero-order valence-electron chi connectivity index (χ0n) is 12.8. The Morgan fingerprint density at radius 1 is 1.25 bits per heavy atom. The maximum absolute atomic E-state index is 12.2. The number of methoxy groups -OCH3 is 2. The smallest absolute Gasteiger partial charge is 0.294 e. The molecule has 0 radical (unpaired) electrons. The number of nitrogens with two attached hydrogens (primary N) is 1. The number of fused-ring (bicyclic) bond motifs is 1. The van der Waals surface area contributed by atoms with E-state index < -0.39 is 0 Å². The lowest BCUT2D eigenvalue weighted by Crippen LogP contribution is -2.16. The van der Waals surface area contributed by atoms with E-state index >= 15 is 0 Å². The molecule has 10 heteroatoms. The van der Waals surface area contributed by atoms with Crippen LogP contribution >= 0.6 is 31.9 Å². The number of nitrogen functional groups attached to an aromatic ring is 1. The molecule has 3 heterocycles. The highest BCUT2D eigenvalue weighted by molar-refractivity contribution is 9.11. The van der Waals surface area contributed by atoms with Crippen LogP contribution in [0.2, 0.25) is 0 Å². The lowest BCUT2D eigenvalue weighted by atomic mass is 10.3. The number of halogens is 2. The minimum atomic E-state index is -0.376. The molecule has 0 spiro atoms. The van der Waals surface area contributed by atoms with Crippen molar-refractivity contribution in [1.82, 2.24) is 19.5 Å². The summed E-state index contributed by atoms with van der Waals surface area (Å²) in [4.78, 5) is 23.3. The second kappa shape index (κ2) is 6.44. The third-order valence-electron chi connectivity index (χ3n) is 3.47. The largest absolute Gasteiger partial charge is 0.492 e. The molecular formula is C14H13Br2N5O3. The van der Waals surface area contributed by atoms with Crippen LogP contribution in [0, 0.1) is 0 Å². The SMILES string of the molecule is COc1c(Br)c(Cn2ccc3c(Br)nc(N)nc32)[nH]c(=O)c1OC. The molecule has 0 aliphatic carbocycles. The van der Waals surface area contributed by atoms with Gasteiger partial charge in [0.05, 0.1) is 36.3 Å². The van der Waals surface area contributed by atoms with Gasteiger partial charge in [0.25, 0.3) is 5.56 Å². The Bertz CT molecular complexity index is 983. The second-order valence-electron chi connectivity index (χ2n) is 4.87. The molecule has 3 rings (SSSR count). The maximum Gasteiger partial charge on any atom is 0.294 e. The monoisotopic (exact) mass is 457 g/mol. The Balaban J connectivity index is 2.13. The summed E-state index contributed by atoms with van der Waals surface area (Å²) in [5.74, 6) is 0.608. The van der Waals surface area contributed by atoms with Crippen molar-refractivity contribution in [2.24, 2.45) is 0 Å². The van der Waals surface area contributed by atoms with Gasteiger partial charge in [-0.05, 0) is 37.9 Å². The lowest BCUT2D eigenvalue weighted by Gasteiger charge is -2.13. The van der Waals surface area contributed by atoms with Gasteiger partial charge in [0.15, 0.2) is 5.75 Å². The van der Waals surface area contributed by atoms with Gasteiger partial charge in [-0.15, -0.1) is 0 Å². The fourth-order valence-electron chi connectivity index (χ4n) is 2.41. The highest BCUT2D eigenvalue weighted by Crippen LogP contribution is 2.34. The number of nitrogens with zero attached hydrogens (tertiary/aromatic N) is 3. The van der Waals surface area contributed by atoms with Crippen LogP contribution in [0.3, 0.4) is 0 Å². The van der Waals surface area contributed by atoms with Crippen LogP contribution < -0.4 is 20.8 Å². The summed E-state index contributed by atoms with van der Waals surface area (Å²) in [6, 6.07) is 1.87. The third kappa shape index (κ3) is 2.75. The number of hydrogen-bond donors (Lipinski definition) is 2. The molecule has 0 aromatic carbocycles. The summed E-state index contributed by atoms with van der Waals surface area (Å²) in [6.45, 7) is 0.350. The molecule has 3 aromatic rings. The van der Waals surface area contributed by atoms with Crippen molar-refractivity contribution >= 4 is 48.8 Å². The number of aromatic nitrogens is 4. The molecule has 0 aliphatic heterocycles. The highest BCUT2D eigenvalue weighted by Gasteiger charge is 2.18. The van der Waals surface area contributed by atoms with Crippen molar-refractivity contribution in [2.45, 2.75) is 6.54 Å². The topological polar surface area (TPSA) is 108 Å². The molecule has 0 unspecified atom stereocenters. The molecule has 0 aliphatic rings. The number of ether oxygens (including phenoxy) is 2. The Morgan fingerprint density at radius 3 is 2.62 bits per heavy atom. The molecule has 3 aromatic heterocycles. The van der Waals surface area contributed by atoms with Crippen LogP contribution in [-0.2, 0) is 6.54 Å². The van der Waals surface area contributed by atoms with Gasteiger partial charge in [0.1, 0.15) is 10.3 Å². The van der Waals surface area contributed by atoms with Crippen LogP contribution in [0.1, 0.15) is 5.69 Å². The summed E-state index contributed by atoms with van der Waals surface area (Å²) in [5, 5.41) is 0.822. The van der Waals surface area contributed by atoms with Crippen LogP contribution in [0.5, 0.6) is 11.5 Å². The van der Waals surface area contributed by atoms with E-state index in [2.05, 4.69) is 46.8 Å². The van der Waals surface area contributed by atoms with Crippen molar-refractivity contribution in [1.29, 1.82) is 0 Å². The predicted octanol–water partition coefficient (Wildman–Crippen LogP) is 2.29. The number of rotatable bonds is 4. The van der Waals surface area contributed by atoms with E-state index in [0.717, 1.165) is 5.39 Å². The Kier molecular flexibility index (Phi) is 4.50. The zero-order valence-corrected chi connectivity index (χ0v) is 15.9. The standard InChI is InChI=1S/C14H13Br2N5O3/c1-23-9-8(15)7(18-13(22)10(9)24-2)5-21-4-3-6-11(16)19-14(17)20-12(6)21/h3-4H,5H2,1-2H3,(H,18,22)(H2,17,19,20). The Morgan fingerprint density at radius 2 is 1.96 bits per heavy atom. The quantitative estimate of drug-likeness (QED) is 0.580. The first-order valence-corrected chi connectivity index (χ1v) is 8.35. The van der Waals surface area contributed by atoms with Crippen molar-refractivity contribution < 1.29 is 9.47 Å². The number of pyridine rings is 1. The molecular weight excluding hydrogens is 446 g/mol. The molecule has 0 amide bonds. The van der Waals surface area contributed by atoms with Crippen LogP contribution in [0.15, 0.2) is 26.1 Å². The fraction of sp³-hybridized carbons (Fsp3) is 0.214.